The molecule has 10 heteroatoms. The Balaban J connectivity index is 2.26. The Labute approximate surface area is 139 Å². The monoisotopic (exact) mass is 400 g/mol. The lowest BCUT2D eigenvalue weighted by molar-refractivity contribution is -0.120. The molecule has 0 aliphatic heterocycles. The molecule has 1 unspecified atom stereocenters. The summed E-state index contributed by atoms with van der Waals surface area (Å²) in [5.74, 6) is -0.899. The number of nitriles is 1. The van der Waals surface area contributed by atoms with Gasteiger partial charge in [-0.25, -0.2) is 18.1 Å². The molecule has 1 atom stereocenters. The van der Waals surface area contributed by atoms with Gasteiger partial charge in [0, 0.05) is 9.85 Å². The van der Waals surface area contributed by atoms with Crippen LogP contribution in [0.15, 0.2) is 38.5 Å². The maximum atomic E-state index is 12.2. The first-order valence-electron chi connectivity index (χ1n) is 5.74. The highest BCUT2D eigenvalue weighted by Crippen LogP contribution is 2.20. The number of nitrogens with two attached hydrogens (primary N) is 1. The third-order valence-electron chi connectivity index (χ3n) is 2.60. The van der Waals surface area contributed by atoms with Gasteiger partial charge < -0.3 is 5.73 Å². The molecular weight excluding hydrogens is 392 g/mol. The molecule has 0 bridgehead atoms. The van der Waals surface area contributed by atoms with E-state index < -0.39 is 22.0 Å². The molecule has 0 aliphatic rings. The Morgan fingerprint density at radius 1 is 1.45 bits per heavy atom. The smallest absolute Gasteiger partial charge is 0.264 e. The number of aromatic nitrogens is 1. The second-order valence-electron chi connectivity index (χ2n) is 4.15. The third-order valence-corrected chi connectivity index (χ3v) is 4.99. The second kappa shape index (κ2) is 6.53. The third kappa shape index (κ3) is 3.69. The highest BCUT2D eigenvalue weighted by Gasteiger charge is 2.24. The van der Waals surface area contributed by atoms with E-state index in [2.05, 4.69) is 20.9 Å². The molecule has 114 valence electrons. The number of nitrogens with one attached hydrogen (secondary N) is 1. The molecule has 0 aliphatic carbocycles. The van der Waals surface area contributed by atoms with Gasteiger partial charge in [0.15, 0.2) is 0 Å². The van der Waals surface area contributed by atoms with Gasteiger partial charge in [-0.2, -0.15) is 5.26 Å². The van der Waals surface area contributed by atoms with Gasteiger partial charge in [0.05, 0.1) is 27.7 Å². The number of amides is 1. The largest absolute Gasteiger partial charge is 0.315 e. The molecule has 0 saturated heterocycles. The first-order chi connectivity index (χ1) is 10.3. The van der Waals surface area contributed by atoms with E-state index in [1.165, 1.54) is 29.0 Å². The molecule has 1 aromatic heterocycles. The minimum absolute atomic E-state index is 0.144. The number of carbonyl (C=O) groups excluding carboxylic acids is 1. The molecule has 2 aromatic rings. The Morgan fingerprint density at radius 2 is 2.18 bits per heavy atom. The van der Waals surface area contributed by atoms with E-state index in [0.717, 1.165) is 6.07 Å². The summed E-state index contributed by atoms with van der Waals surface area (Å²) < 4.78 is 26.7. The second-order valence-corrected chi connectivity index (χ2v) is 7.46. The van der Waals surface area contributed by atoms with E-state index in [4.69, 9.17) is 11.0 Å². The Kier molecular flexibility index (Phi) is 4.92. The topological polar surface area (TPSA) is 126 Å². The van der Waals surface area contributed by atoms with Gasteiger partial charge in [0.25, 0.3) is 15.9 Å². The summed E-state index contributed by atoms with van der Waals surface area (Å²) in [5.41, 5.74) is 7.58. The van der Waals surface area contributed by atoms with E-state index in [9.17, 15) is 13.2 Å². The van der Waals surface area contributed by atoms with Gasteiger partial charge in [-0.3, -0.25) is 4.79 Å². The highest BCUT2D eigenvalue weighted by molar-refractivity contribution is 9.10. The summed E-state index contributed by atoms with van der Waals surface area (Å²) in [7, 11) is -4.14. The number of benzene rings is 1. The minimum Gasteiger partial charge on any atom is -0.315 e. The fraction of sp³-hybridized carbons (Fsp3) is 0.0833. The number of sulfonamides is 1. The summed E-state index contributed by atoms with van der Waals surface area (Å²) in [6.45, 7) is 0. The Hall–Kier alpha value is -1.80. The number of rotatable bonds is 4. The average Bonchev–Trinajstić information content (AvgIpc) is 2.99. The molecule has 22 heavy (non-hydrogen) atoms. The number of hydrogen-bond acceptors (Lipinski definition) is 7. The molecule has 2 rings (SSSR count). The summed E-state index contributed by atoms with van der Waals surface area (Å²) in [6, 6.07) is 4.55. The van der Waals surface area contributed by atoms with Gasteiger partial charge in [-0.1, -0.05) is 15.9 Å². The fourth-order valence-electron chi connectivity index (χ4n) is 1.55. The van der Waals surface area contributed by atoms with Gasteiger partial charge in [-0.05, 0) is 18.2 Å². The number of halogens is 1. The van der Waals surface area contributed by atoms with Crippen LogP contribution < -0.4 is 10.5 Å². The minimum atomic E-state index is -4.14. The molecule has 0 fully saturated rings. The summed E-state index contributed by atoms with van der Waals surface area (Å²) in [6.07, 6.45) is 0. The van der Waals surface area contributed by atoms with Crippen LogP contribution in [-0.4, -0.2) is 19.3 Å². The molecule has 1 aromatic carbocycles. The van der Waals surface area contributed by atoms with Crippen LogP contribution in [0.5, 0.6) is 0 Å². The van der Waals surface area contributed by atoms with E-state index in [1.54, 1.807) is 5.38 Å². The maximum Gasteiger partial charge on any atom is 0.264 e. The molecule has 3 N–H and O–H groups in total. The molecule has 1 amide bonds. The normalized spacial score (nSPS) is 12.4. The first-order valence-corrected chi connectivity index (χ1v) is 8.96. The number of nitrogens with zero attached hydrogens (tertiary/aromatic N) is 2. The van der Waals surface area contributed by atoms with Crippen LogP contribution in [0.3, 0.4) is 0 Å². The molecule has 0 saturated carbocycles. The van der Waals surface area contributed by atoms with Crippen LogP contribution in [-0.2, 0) is 14.8 Å². The standard InChI is InChI=1S/C12H9BrN4O3S2/c13-8-1-7(4-14)2-9(3-8)22(19,20)17-12(18)11(15)10-5-21-6-16-10/h1-3,5-6,11H,15H2,(H,17,18). The lowest BCUT2D eigenvalue weighted by atomic mass is 10.2. The lowest BCUT2D eigenvalue weighted by Gasteiger charge is -2.11. The van der Waals surface area contributed by atoms with Gasteiger partial charge in [0.2, 0.25) is 0 Å². The summed E-state index contributed by atoms with van der Waals surface area (Å²) in [5, 5.41) is 10.4. The predicted molar refractivity (Wildman–Crippen MR) is 83.2 cm³/mol. The molecular formula is C12H9BrN4O3S2. The van der Waals surface area contributed by atoms with Crippen molar-refractivity contribution in [2.45, 2.75) is 10.9 Å². The maximum absolute atomic E-state index is 12.2. The van der Waals surface area contributed by atoms with Crippen LogP contribution in [0, 0.1) is 11.3 Å². The molecule has 0 radical (unpaired) electrons. The van der Waals surface area contributed by atoms with Gasteiger partial charge in [0.1, 0.15) is 6.04 Å². The van der Waals surface area contributed by atoms with Crippen molar-refractivity contribution in [3.8, 4) is 6.07 Å². The van der Waals surface area contributed by atoms with Gasteiger partial charge in [-0.15, -0.1) is 11.3 Å². The van der Waals surface area contributed by atoms with E-state index in [0.29, 0.717) is 4.47 Å². The van der Waals surface area contributed by atoms with Crippen molar-refractivity contribution >= 4 is 43.2 Å². The number of thiazole rings is 1. The van der Waals surface area contributed by atoms with Crippen molar-refractivity contribution < 1.29 is 13.2 Å². The van der Waals surface area contributed by atoms with Crippen LogP contribution in [0.1, 0.15) is 17.3 Å². The van der Waals surface area contributed by atoms with Crippen molar-refractivity contribution in [1.29, 1.82) is 5.26 Å². The number of carbonyl (C=O) groups is 1. The zero-order valence-corrected chi connectivity index (χ0v) is 14.1. The van der Waals surface area contributed by atoms with E-state index >= 15 is 0 Å². The van der Waals surface area contributed by atoms with Crippen molar-refractivity contribution in [1.82, 2.24) is 9.71 Å². The predicted octanol–water partition coefficient (Wildman–Crippen LogP) is 1.28. The van der Waals surface area contributed by atoms with Crippen molar-refractivity contribution in [3.63, 3.8) is 0 Å². The highest BCUT2D eigenvalue weighted by atomic mass is 79.9. The summed E-state index contributed by atoms with van der Waals surface area (Å²) in [4.78, 5) is 15.6. The van der Waals surface area contributed by atoms with Crippen LogP contribution in [0.4, 0.5) is 0 Å². The zero-order chi connectivity index (χ0) is 16.3. The van der Waals surface area contributed by atoms with Crippen LogP contribution in [0.25, 0.3) is 0 Å². The SMILES string of the molecule is N#Cc1cc(Br)cc(S(=O)(=O)NC(=O)C(N)c2cscn2)c1. The molecule has 7 nitrogen and oxygen atoms in total. The summed E-state index contributed by atoms with van der Waals surface area (Å²) >= 11 is 4.36. The van der Waals surface area contributed by atoms with Crippen molar-refractivity contribution in [3.05, 3.63) is 44.8 Å². The van der Waals surface area contributed by atoms with Crippen LogP contribution >= 0.6 is 27.3 Å². The Bertz CT molecular complexity index is 844. The average molecular weight is 401 g/mol. The quantitative estimate of drug-likeness (QED) is 0.795. The van der Waals surface area contributed by atoms with Crippen molar-refractivity contribution in [2.24, 2.45) is 5.73 Å². The van der Waals surface area contributed by atoms with E-state index in [-0.39, 0.29) is 16.2 Å². The Morgan fingerprint density at radius 3 is 2.77 bits per heavy atom. The van der Waals surface area contributed by atoms with Crippen molar-refractivity contribution in [2.75, 3.05) is 0 Å². The fourth-order valence-corrected chi connectivity index (χ4v) is 3.86. The van der Waals surface area contributed by atoms with Crippen LogP contribution in [0.2, 0.25) is 0 Å². The first kappa shape index (κ1) is 16.6. The van der Waals surface area contributed by atoms with E-state index in [1.807, 2.05) is 10.8 Å². The van der Waals surface area contributed by atoms with Gasteiger partial charge >= 0.3 is 0 Å². The number of hydrogen-bond donors (Lipinski definition) is 2. The lowest BCUT2D eigenvalue weighted by Crippen LogP contribution is -2.38. The zero-order valence-electron chi connectivity index (χ0n) is 10.9. The molecule has 0 spiro atoms. The molecule has 1 heterocycles.